The van der Waals surface area contributed by atoms with Gasteiger partial charge in [-0.3, -0.25) is 4.79 Å². The second-order valence-corrected chi connectivity index (χ2v) is 5.83. The van der Waals surface area contributed by atoms with Gasteiger partial charge in [0, 0.05) is 0 Å². The molecule has 0 spiro atoms. The predicted molar refractivity (Wildman–Crippen MR) is 100 cm³/mol. The van der Waals surface area contributed by atoms with Crippen LogP contribution in [0.2, 0.25) is 0 Å². The van der Waals surface area contributed by atoms with Crippen LogP contribution >= 0.6 is 0 Å². The summed E-state index contributed by atoms with van der Waals surface area (Å²) in [6.07, 6.45) is 2.66. The Morgan fingerprint density at radius 1 is 1.31 bits per heavy atom. The van der Waals surface area contributed by atoms with Gasteiger partial charge in [0.05, 0.1) is 24.6 Å². The monoisotopic (exact) mass is 398 g/mol. The number of nitrogen functional groups attached to an aromatic ring is 1. The first-order chi connectivity index (χ1) is 14.0. The number of anilines is 1. The summed E-state index contributed by atoms with van der Waals surface area (Å²) in [6.45, 7) is 1.94. The molecule has 3 N–H and O–H groups in total. The van der Waals surface area contributed by atoms with E-state index in [1.165, 1.54) is 18.0 Å². The Morgan fingerprint density at radius 3 is 2.69 bits per heavy atom. The van der Waals surface area contributed by atoms with Crippen molar-refractivity contribution in [3.8, 4) is 5.82 Å². The zero-order valence-electron chi connectivity index (χ0n) is 15.7. The van der Waals surface area contributed by atoms with E-state index in [1.807, 2.05) is 6.92 Å². The van der Waals surface area contributed by atoms with E-state index in [0.29, 0.717) is 23.2 Å². The van der Waals surface area contributed by atoms with Gasteiger partial charge in [-0.25, -0.2) is 14.8 Å². The molecule has 1 aromatic carbocycles. The average Bonchev–Trinajstić information content (AvgIpc) is 3.34. The Hall–Kier alpha value is -4.09. The second kappa shape index (κ2) is 8.73. The van der Waals surface area contributed by atoms with E-state index in [9.17, 15) is 9.59 Å². The van der Waals surface area contributed by atoms with Crippen LogP contribution in [0.15, 0.2) is 34.0 Å². The quantitative estimate of drug-likeness (QED) is 0.332. The van der Waals surface area contributed by atoms with Crippen molar-refractivity contribution < 1.29 is 19.0 Å². The first-order valence-corrected chi connectivity index (χ1v) is 8.59. The van der Waals surface area contributed by atoms with Gasteiger partial charge in [0.25, 0.3) is 5.91 Å². The number of hydrogen-bond donors (Lipinski definition) is 2. The van der Waals surface area contributed by atoms with E-state index in [2.05, 4.69) is 40.5 Å². The maximum atomic E-state index is 12.5. The molecule has 0 atom stereocenters. The minimum atomic E-state index is -0.544. The highest BCUT2D eigenvalue weighted by molar-refractivity contribution is 5.94. The molecule has 0 radical (unpaired) electrons. The third-order valence-electron chi connectivity index (χ3n) is 3.87. The molecule has 0 aliphatic rings. The molecule has 0 unspecified atom stereocenters. The minimum absolute atomic E-state index is 0.0348. The van der Waals surface area contributed by atoms with Gasteiger partial charge in [-0.2, -0.15) is 9.78 Å². The van der Waals surface area contributed by atoms with Crippen molar-refractivity contribution in [2.45, 2.75) is 19.8 Å². The van der Waals surface area contributed by atoms with Crippen molar-refractivity contribution in [3.63, 3.8) is 0 Å². The fourth-order valence-corrected chi connectivity index (χ4v) is 2.49. The molecule has 0 saturated carbocycles. The molecule has 12 nitrogen and oxygen atoms in total. The Bertz CT molecular complexity index is 1040. The van der Waals surface area contributed by atoms with Gasteiger partial charge in [-0.05, 0) is 34.4 Å². The number of amides is 1. The number of methoxy groups -OCH3 is 1. The SMILES string of the molecule is CCCc1c(C(=O)NN=Cc2ccc(C(=O)OC)cc2)nnn1-c1nonc1N. The summed E-state index contributed by atoms with van der Waals surface area (Å²) in [7, 11) is 1.31. The van der Waals surface area contributed by atoms with E-state index in [1.54, 1.807) is 24.3 Å². The number of nitrogens with one attached hydrogen (secondary N) is 1. The largest absolute Gasteiger partial charge is 0.465 e. The molecule has 29 heavy (non-hydrogen) atoms. The minimum Gasteiger partial charge on any atom is -0.465 e. The third-order valence-corrected chi connectivity index (χ3v) is 3.87. The van der Waals surface area contributed by atoms with Gasteiger partial charge >= 0.3 is 5.97 Å². The van der Waals surface area contributed by atoms with Crippen LogP contribution in [0.5, 0.6) is 0 Å². The van der Waals surface area contributed by atoms with Gasteiger partial charge in [-0.1, -0.05) is 30.7 Å². The summed E-state index contributed by atoms with van der Waals surface area (Å²) in [5.41, 5.74) is 9.78. The molecule has 0 saturated heterocycles. The number of ether oxygens (including phenoxy) is 1. The van der Waals surface area contributed by atoms with Crippen molar-refractivity contribution in [3.05, 3.63) is 46.8 Å². The molecule has 3 rings (SSSR count). The van der Waals surface area contributed by atoms with E-state index >= 15 is 0 Å². The first kappa shape index (κ1) is 19.7. The fourth-order valence-electron chi connectivity index (χ4n) is 2.49. The maximum Gasteiger partial charge on any atom is 0.337 e. The summed E-state index contributed by atoms with van der Waals surface area (Å²) < 4.78 is 10.5. The van der Waals surface area contributed by atoms with Crippen molar-refractivity contribution in [2.24, 2.45) is 5.10 Å². The zero-order valence-corrected chi connectivity index (χ0v) is 15.7. The summed E-state index contributed by atoms with van der Waals surface area (Å²) in [6, 6.07) is 6.52. The Balaban J connectivity index is 1.74. The third kappa shape index (κ3) is 4.26. The standard InChI is InChI=1S/C17H18N8O4/c1-3-4-12-13(20-24-25(12)15-14(18)22-29-23-15)16(26)21-19-9-10-5-7-11(8-6-10)17(27)28-2/h5-9H,3-4H2,1-2H3,(H2,18,22)(H,21,26). The molecule has 0 bridgehead atoms. The van der Waals surface area contributed by atoms with Crippen LogP contribution in [0.1, 0.15) is 45.4 Å². The molecule has 0 fully saturated rings. The molecule has 2 aromatic heterocycles. The van der Waals surface area contributed by atoms with Crippen molar-refractivity contribution >= 4 is 23.9 Å². The fraction of sp³-hybridized carbons (Fsp3) is 0.235. The van der Waals surface area contributed by atoms with Gasteiger partial charge < -0.3 is 10.5 Å². The zero-order chi connectivity index (χ0) is 20.8. The van der Waals surface area contributed by atoms with Crippen LogP contribution in [0.3, 0.4) is 0 Å². The first-order valence-electron chi connectivity index (χ1n) is 8.59. The number of esters is 1. The highest BCUT2D eigenvalue weighted by Crippen LogP contribution is 2.17. The summed E-state index contributed by atoms with van der Waals surface area (Å²) >= 11 is 0. The molecular formula is C17H18N8O4. The van der Waals surface area contributed by atoms with Gasteiger partial charge in [0.15, 0.2) is 5.69 Å². The van der Waals surface area contributed by atoms with Crippen LogP contribution in [-0.2, 0) is 11.2 Å². The second-order valence-electron chi connectivity index (χ2n) is 5.83. The lowest BCUT2D eigenvalue weighted by Gasteiger charge is -2.03. The van der Waals surface area contributed by atoms with Crippen LogP contribution in [0, 0.1) is 0 Å². The predicted octanol–water partition coefficient (Wildman–Crippen LogP) is 0.735. The van der Waals surface area contributed by atoms with Crippen LogP contribution < -0.4 is 11.2 Å². The number of rotatable bonds is 7. The van der Waals surface area contributed by atoms with Crippen molar-refractivity contribution in [2.75, 3.05) is 12.8 Å². The Kier molecular flexibility index (Phi) is 5.92. The Morgan fingerprint density at radius 2 is 2.07 bits per heavy atom. The normalized spacial score (nSPS) is 11.0. The highest BCUT2D eigenvalue weighted by Gasteiger charge is 2.23. The number of aromatic nitrogens is 5. The number of carbonyl (C=O) groups is 2. The molecule has 150 valence electrons. The summed E-state index contributed by atoms with van der Waals surface area (Å²) in [4.78, 5) is 23.9. The number of hydrazone groups is 1. The summed E-state index contributed by atoms with van der Waals surface area (Å²) in [5, 5.41) is 18.9. The van der Waals surface area contributed by atoms with Crippen LogP contribution in [0.4, 0.5) is 5.82 Å². The number of hydrogen-bond acceptors (Lipinski definition) is 10. The Labute approximate surface area is 164 Å². The topological polar surface area (TPSA) is 163 Å². The number of carbonyl (C=O) groups excluding carboxylic acids is 2. The van der Waals surface area contributed by atoms with E-state index < -0.39 is 11.9 Å². The van der Waals surface area contributed by atoms with Gasteiger partial charge in [-0.15, -0.1) is 5.10 Å². The lowest BCUT2D eigenvalue weighted by atomic mass is 10.1. The lowest BCUT2D eigenvalue weighted by Crippen LogP contribution is -2.20. The molecule has 12 heteroatoms. The van der Waals surface area contributed by atoms with E-state index in [-0.39, 0.29) is 17.3 Å². The number of benzene rings is 1. The molecule has 1 amide bonds. The molecule has 0 aliphatic heterocycles. The van der Waals surface area contributed by atoms with E-state index in [0.717, 1.165) is 6.42 Å². The average molecular weight is 398 g/mol. The molecular weight excluding hydrogens is 380 g/mol. The van der Waals surface area contributed by atoms with Gasteiger partial charge in [0.2, 0.25) is 11.6 Å². The van der Waals surface area contributed by atoms with Crippen LogP contribution in [0.25, 0.3) is 5.82 Å². The molecule has 2 heterocycles. The number of nitrogens with zero attached hydrogens (tertiary/aromatic N) is 6. The molecule has 3 aromatic rings. The lowest BCUT2D eigenvalue weighted by molar-refractivity contribution is 0.0600. The molecule has 0 aliphatic carbocycles. The smallest absolute Gasteiger partial charge is 0.337 e. The van der Waals surface area contributed by atoms with Gasteiger partial charge in [0.1, 0.15) is 0 Å². The number of nitrogens with two attached hydrogens (primary N) is 1. The maximum absolute atomic E-state index is 12.5. The highest BCUT2D eigenvalue weighted by atomic mass is 16.6. The summed E-state index contributed by atoms with van der Waals surface area (Å²) in [5.74, 6) is -0.782. The van der Waals surface area contributed by atoms with Crippen molar-refractivity contribution in [1.82, 2.24) is 30.7 Å². The van der Waals surface area contributed by atoms with Crippen LogP contribution in [-0.4, -0.2) is 50.5 Å². The van der Waals surface area contributed by atoms with E-state index in [4.69, 9.17) is 5.73 Å². The van der Waals surface area contributed by atoms with Crippen molar-refractivity contribution in [1.29, 1.82) is 0 Å².